The summed E-state index contributed by atoms with van der Waals surface area (Å²) in [6.45, 7) is 6.17. The van der Waals surface area contributed by atoms with Crippen LogP contribution >= 0.6 is 0 Å². The summed E-state index contributed by atoms with van der Waals surface area (Å²) >= 11 is 0. The van der Waals surface area contributed by atoms with Crippen LogP contribution in [0.4, 0.5) is 4.79 Å². The zero-order valence-electron chi connectivity index (χ0n) is 12.7. The number of aromatic nitrogens is 1. The summed E-state index contributed by atoms with van der Waals surface area (Å²) in [6.07, 6.45) is 4.03. The highest BCUT2D eigenvalue weighted by atomic mass is 16.4. The molecule has 6 heteroatoms. The van der Waals surface area contributed by atoms with Crippen LogP contribution in [0.1, 0.15) is 32.8 Å². The van der Waals surface area contributed by atoms with Gasteiger partial charge in [-0.3, -0.25) is 9.78 Å². The average Bonchev–Trinajstić information content (AvgIpc) is 2.37. The van der Waals surface area contributed by atoms with Crippen LogP contribution < -0.4 is 10.6 Å². The Labute approximate surface area is 125 Å². The number of nitrogens with one attached hydrogen (secondary N) is 2. The summed E-state index contributed by atoms with van der Waals surface area (Å²) in [4.78, 5) is 26.7. The molecule has 2 amide bonds. The summed E-state index contributed by atoms with van der Waals surface area (Å²) in [5.41, 5.74) is 0.717. The molecule has 1 heterocycles. The van der Waals surface area contributed by atoms with Crippen LogP contribution in [0.15, 0.2) is 24.5 Å². The van der Waals surface area contributed by atoms with Crippen LogP contribution in [0, 0.1) is 5.41 Å². The Hall–Kier alpha value is -2.11. The normalized spacial score (nSPS) is 12.5. The number of carbonyl (C=O) groups excluding carboxylic acids is 1. The standard InChI is InChI=1S/C15H23N3O3/c1-15(2,3)12(9-13(19)20)18-14(21)17-8-6-11-5-4-7-16-10-11/h4-5,7,10,12H,6,8-9H2,1-3H3,(H,19,20)(H2,17,18,21). The van der Waals surface area contributed by atoms with Gasteiger partial charge in [0.15, 0.2) is 0 Å². The van der Waals surface area contributed by atoms with Gasteiger partial charge in [0.05, 0.1) is 6.42 Å². The maximum atomic E-state index is 11.8. The van der Waals surface area contributed by atoms with Crippen LogP contribution in [0.2, 0.25) is 0 Å². The van der Waals surface area contributed by atoms with Crippen LogP contribution in [-0.2, 0) is 11.2 Å². The predicted octanol–water partition coefficient (Wildman–Crippen LogP) is 1.81. The highest BCUT2D eigenvalue weighted by Gasteiger charge is 2.28. The molecule has 0 aliphatic rings. The van der Waals surface area contributed by atoms with Gasteiger partial charge < -0.3 is 15.7 Å². The highest BCUT2D eigenvalue weighted by molar-refractivity contribution is 5.75. The molecule has 0 radical (unpaired) electrons. The molecule has 0 aliphatic heterocycles. The molecule has 116 valence electrons. The fourth-order valence-electron chi connectivity index (χ4n) is 1.82. The lowest BCUT2D eigenvalue weighted by Crippen LogP contribution is -2.49. The summed E-state index contributed by atoms with van der Waals surface area (Å²) < 4.78 is 0. The van der Waals surface area contributed by atoms with Crippen molar-refractivity contribution in [3.63, 3.8) is 0 Å². The number of hydrogen-bond donors (Lipinski definition) is 3. The van der Waals surface area contributed by atoms with Crippen molar-refractivity contribution in [2.24, 2.45) is 5.41 Å². The number of aliphatic carboxylic acids is 1. The van der Waals surface area contributed by atoms with Gasteiger partial charge in [0.2, 0.25) is 0 Å². The third-order valence-corrected chi connectivity index (χ3v) is 3.15. The van der Waals surface area contributed by atoms with Gasteiger partial charge in [0.1, 0.15) is 0 Å². The van der Waals surface area contributed by atoms with Crippen molar-refractivity contribution < 1.29 is 14.7 Å². The number of rotatable bonds is 6. The van der Waals surface area contributed by atoms with Gasteiger partial charge in [-0.05, 0) is 23.5 Å². The number of nitrogens with zero attached hydrogens (tertiary/aromatic N) is 1. The molecule has 1 rings (SSSR count). The van der Waals surface area contributed by atoms with E-state index in [1.54, 1.807) is 12.4 Å². The minimum absolute atomic E-state index is 0.0977. The molecule has 1 aromatic rings. The molecule has 0 spiro atoms. The Bertz CT molecular complexity index is 469. The zero-order chi connectivity index (χ0) is 15.9. The molecule has 1 unspecified atom stereocenters. The number of hydrogen-bond acceptors (Lipinski definition) is 3. The number of amides is 2. The van der Waals surface area contributed by atoms with E-state index in [1.165, 1.54) is 0 Å². The third kappa shape index (κ3) is 6.74. The van der Waals surface area contributed by atoms with Crippen LogP contribution in [-0.4, -0.2) is 34.7 Å². The van der Waals surface area contributed by atoms with Gasteiger partial charge >= 0.3 is 12.0 Å². The monoisotopic (exact) mass is 293 g/mol. The molecule has 1 atom stereocenters. The SMILES string of the molecule is CC(C)(C)C(CC(=O)O)NC(=O)NCCc1cccnc1. The number of carboxylic acid groups (broad SMARTS) is 1. The first kappa shape index (κ1) is 16.9. The molecule has 6 nitrogen and oxygen atoms in total. The lowest BCUT2D eigenvalue weighted by atomic mass is 9.85. The smallest absolute Gasteiger partial charge is 0.315 e. The average molecular weight is 293 g/mol. The topological polar surface area (TPSA) is 91.3 Å². The van der Waals surface area contributed by atoms with Crippen LogP contribution in [0.25, 0.3) is 0 Å². The molecule has 0 bridgehead atoms. The third-order valence-electron chi connectivity index (χ3n) is 3.15. The molecular formula is C15H23N3O3. The highest BCUT2D eigenvalue weighted by Crippen LogP contribution is 2.21. The first-order valence-corrected chi connectivity index (χ1v) is 6.94. The Morgan fingerprint density at radius 3 is 2.62 bits per heavy atom. The molecule has 0 saturated heterocycles. The van der Waals surface area contributed by atoms with Gasteiger partial charge in [-0.15, -0.1) is 0 Å². The van der Waals surface area contributed by atoms with E-state index in [2.05, 4.69) is 15.6 Å². The lowest BCUT2D eigenvalue weighted by Gasteiger charge is -2.30. The van der Waals surface area contributed by atoms with Crippen LogP contribution in [0.3, 0.4) is 0 Å². The molecule has 0 aromatic carbocycles. The first-order valence-electron chi connectivity index (χ1n) is 6.94. The predicted molar refractivity (Wildman–Crippen MR) is 80.0 cm³/mol. The summed E-state index contributed by atoms with van der Waals surface area (Å²) in [5.74, 6) is -0.925. The van der Waals surface area contributed by atoms with Gasteiger partial charge in [0, 0.05) is 25.0 Å². The number of urea groups is 1. The van der Waals surface area contributed by atoms with Crippen molar-refractivity contribution in [3.8, 4) is 0 Å². The molecule has 0 fully saturated rings. The van der Waals surface area contributed by atoms with Crippen molar-refractivity contribution in [3.05, 3.63) is 30.1 Å². The fourth-order valence-corrected chi connectivity index (χ4v) is 1.82. The lowest BCUT2D eigenvalue weighted by molar-refractivity contribution is -0.138. The Morgan fingerprint density at radius 2 is 2.10 bits per heavy atom. The van der Waals surface area contributed by atoms with Gasteiger partial charge in [0.25, 0.3) is 0 Å². The van der Waals surface area contributed by atoms with E-state index in [1.807, 2.05) is 32.9 Å². The van der Waals surface area contributed by atoms with E-state index in [9.17, 15) is 9.59 Å². The number of carboxylic acids is 1. The molecule has 3 N–H and O–H groups in total. The summed E-state index contributed by atoms with van der Waals surface area (Å²) in [5, 5.41) is 14.4. The van der Waals surface area contributed by atoms with E-state index in [4.69, 9.17) is 5.11 Å². The Morgan fingerprint density at radius 1 is 1.38 bits per heavy atom. The Kier molecular flexibility index (Phi) is 6.14. The molecule has 1 aromatic heterocycles. The number of carbonyl (C=O) groups is 2. The molecular weight excluding hydrogens is 270 g/mol. The summed E-state index contributed by atoms with van der Waals surface area (Å²) in [7, 11) is 0. The first-order chi connectivity index (χ1) is 9.79. The van der Waals surface area contributed by atoms with Crippen molar-refractivity contribution in [2.75, 3.05) is 6.54 Å². The summed E-state index contributed by atoms with van der Waals surface area (Å²) in [6, 6.07) is 3.01. The van der Waals surface area contributed by atoms with E-state index < -0.39 is 12.0 Å². The molecule has 0 saturated carbocycles. The van der Waals surface area contributed by atoms with Crippen molar-refractivity contribution in [1.29, 1.82) is 0 Å². The minimum atomic E-state index is -0.925. The second kappa shape index (κ2) is 7.61. The van der Waals surface area contributed by atoms with Gasteiger partial charge in [-0.1, -0.05) is 26.8 Å². The van der Waals surface area contributed by atoms with Crippen molar-refractivity contribution in [2.45, 2.75) is 39.7 Å². The number of pyridine rings is 1. The van der Waals surface area contributed by atoms with Crippen LogP contribution in [0.5, 0.6) is 0 Å². The minimum Gasteiger partial charge on any atom is -0.481 e. The van der Waals surface area contributed by atoms with E-state index >= 15 is 0 Å². The molecule has 0 aliphatic carbocycles. The Balaban J connectivity index is 2.42. The fraction of sp³-hybridized carbons (Fsp3) is 0.533. The second-order valence-electron chi connectivity index (χ2n) is 6.03. The van der Waals surface area contributed by atoms with Gasteiger partial charge in [-0.25, -0.2) is 4.79 Å². The van der Waals surface area contributed by atoms with E-state index in [0.29, 0.717) is 13.0 Å². The van der Waals surface area contributed by atoms with E-state index in [-0.39, 0.29) is 17.9 Å². The maximum absolute atomic E-state index is 11.8. The largest absolute Gasteiger partial charge is 0.481 e. The van der Waals surface area contributed by atoms with Gasteiger partial charge in [-0.2, -0.15) is 0 Å². The second-order valence-corrected chi connectivity index (χ2v) is 6.03. The van der Waals surface area contributed by atoms with Crippen molar-refractivity contribution in [1.82, 2.24) is 15.6 Å². The van der Waals surface area contributed by atoms with Crippen molar-refractivity contribution >= 4 is 12.0 Å². The maximum Gasteiger partial charge on any atom is 0.315 e. The zero-order valence-corrected chi connectivity index (χ0v) is 12.7. The quantitative estimate of drug-likeness (QED) is 0.746. The van der Waals surface area contributed by atoms with E-state index in [0.717, 1.165) is 5.56 Å². The molecule has 21 heavy (non-hydrogen) atoms.